The van der Waals surface area contributed by atoms with Gasteiger partial charge in [-0.3, -0.25) is 4.79 Å². The van der Waals surface area contributed by atoms with Gasteiger partial charge in [0.25, 0.3) is 5.91 Å². The fourth-order valence-corrected chi connectivity index (χ4v) is 4.00. The summed E-state index contributed by atoms with van der Waals surface area (Å²) < 4.78 is 5.90. The van der Waals surface area contributed by atoms with Crippen molar-refractivity contribution in [2.24, 2.45) is 0 Å². The van der Waals surface area contributed by atoms with Crippen molar-refractivity contribution >= 4 is 17.2 Å². The molecule has 1 aromatic carbocycles. The van der Waals surface area contributed by atoms with Crippen molar-refractivity contribution < 1.29 is 9.53 Å². The number of hydrogen-bond acceptors (Lipinski definition) is 3. The van der Waals surface area contributed by atoms with Crippen LogP contribution in [0.1, 0.15) is 48.2 Å². The second kappa shape index (κ2) is 9.00. The third kappa shape index (κ3) is 4.68. The van der Waals surface area contributed by atoms with Crippen LogP contribution < -0.4 is 5.32 Å². The summed E-state index contributed by atoms with van der Waals surface area (Å²) >= 11 is 1.50. The van der Waals surface area contributed by atoms with Gasteiger partial charge in [0.1, 0.15) is 0 Å². The van der Waals surface area contributed by atoms with E-state index in [4.69, 9.17) is 4.74 Å². The van der Waals surface area contributed by atoms with E-state index in [2.05, 4.69) is 5.32 Å². The SMILES string of the molecule is O=C(NCCCOC1CCCCC1)c1sccc1-c1ccccc1. The smallest absolute Gasteiger partial charge is 0.261 e. The number of ether oxygens (including phenoxy) is 1. The molecule has 0 atom stereocenters. The quantitative estimate of drug-likeness (QED) is 0.727. The Morgan fingerprint density at radius 2 is 1.92 bits per heavy atom. The van der Waals surface area contributed by atoms with Crippen LogP contribution in [-0.2, 0) is 4.74 Å². The van der Waals surface area contributed by atoms with Crippen LogP contribution in [0.4, 0.5) is 0 Å². The van der Waals surface area contributed by atoms with Gasteiger partial charge in [0, 0.05) is 18.7 Å². The molecule has 1 amide bonds. The van der Waals surface area contributed by atoms with Gasteiger partial charge in [0.2, 0.25) is 0 Å². The van der Waals surface area contributed by atoms with Crippen LogP contribution in [0, 0.1) is 0 Å². The predicted molar refractivity (Wildman–Crippen MR) is 99.5 cm³/mol. The Hall–Kier alpha value is -1.65. The highest BCUT2D eigenvalue weighted by molar-refractivity contribution is 7.12. The van der Waals surface area contributed by atoms with Crippen molar-refractivity contribution in [3.8, 4) is 11.1 Å². The number of rotatable bonds is 7. The summed E-state index contributed by atoms with van der Waals surface area (Å²) in [5, 5.41) is 5.00. The topological polar surface area (TPSA) is 38.3 Å². The fraction of sp³-hybridized carbons (Fsp3) is 0.450. The molecule has 1 heterocycles. The molecule has 1 aromatic heterocycles. The van der Waals surface area contributed by atoms with E-state index in [1.54, 1.807) is 0 Å². The zero-order valence-corrected chi connectivity index (χ0v) is 14.8. The van der Waals surface area contributed by atoms with E-state index in [0.717, 1.165) is 29.0 Å². The van der Waals surface area contributed by atoms with E-state index < -0.39 is 0 Å². The number of nitrogens with one attached hydrogen (secondary N) is 1. The molecule has 1 aliphatic rings. The highest BCUT2D eigenvalue weighted by Crippen LogP contribution is 2.28. The molecule has 1 aliphatic carbocycles. The molecule has 0 unspecified atom stereocenters. The Labute approximate surface area is 148 Å². The molecule has 1 saturated carbocycles. The van der Waals surface area contributed by atoms with Gasteiger partial charge < -0.3 is 10.1 Å². The molecule has 2 aromatic rings. The first-order valence-corrected chi connectivity index (χ1v) is 9.75. The molecule has 3 nitrogen and oxygen atoms in total. The summed E-state index contributed by atoms with van der Waals surface area (Å²) in [4.78, 5) is 13.2. The number of benzene rings is 1. The lowest BCUT2D eigenvalue weighted by atomic mass is 9.98. The number of hydrogen-bond donors (Lipinski definition) is 1. The first kappa shape index (κ1) is 17.2. The molecule has 3 rings (SSSR count). The summed E-state index contributed by atoms with van der Waals surface area (Å²) in [5.41, 5.74) is 2.10. The predicted octanol–water partition coefficient (Wildman–Crippen LogP) is 4.88. The maximum Gasteiger partial charge on any atom is 0.261 e. The van der Waals surface area contributed by atoms with Crippen molar-refractivity contribution in [1.29, 1.82) is 0 Å². The minimum absolute atomic E-state index is 0.0153. The van der Waals surface area contributed by atoms with Gasteiger partial charge in [-0.15, -0.1) is 11.3 Å². The highest BCUT2D eigenvalue weighted by Gasteiger charge is 2.15. The lowest BCUT2D eigenvalue weighted by molar-refractivity contribution is 0.0273. The second-order valence-corrected chi connectivity index (χ2v) is 7.19. The van der Waals surface area contributed by atoms with Gasteiger partial charge in [-0.2, -0.15) is 0 Å². The lowest BCUT2D eigenvalue weighted by Gasteiger charge is -2.21. The molecule has 4 heteroatoms. The summed E-state index contributed by atoms with van der Waals surface area (Å²) in [6.45, 7) is 1.40. The molecule has 0 radical (unpaired) electrons. The van der Waals surface area contributed by atoms with E-state index in [-0.39, 0.29) is 5.91 Å². The average molecular weight is 343 g/mol. The number of carbonyl (C=O) groups excluding carboxylic acids is 1. The summed E-state index contributed by atoms with van der Waals surface area (Å²) in [5.74, 6) is 0.0153. The van der Waals surface area contributed by atoms with E-state index >= 15 is 0 Å². The van der Waals surface area contributed by atoms with E-state index in [1.807, 2.05) is 41.8 Å². The monoisotopic (exact) mass is 343 g/mol. The van der Waals surface area contributed by atoms with Crippen LogP contribution in [-0.4, -0.2) is 25.2 Å². The molecular formula is C20H25NO2S. The molecule has 24 heavy (non-hydrogen) atoms. The van der Waals surface area contributed by atoms with E-state index in [1.165, 1.54) is 43.4 Å². The molecule has 1 fully saturated rings. The average Bonchev–Trinajstić information content (AvgIpc) is 3.13. The number of carbonyl (C=O) groups is 1. The van der Waals surface area contributed by atoms with Crippen LogP contribution in [0.25, 0.3) is 11.1 Å². The molecule has 1 N–H and O–H groups in total. The van der Waals surface area contributed by atoms with E-state index in [0.29, 0.717) is 12.6 Å². The largest absolute Gasteiger partial charge is 0.378 e. The first-order valence-electron chi connectivity index (χ1n) is 8.87. The standard InChI is InChI=1S/C20H25NO2S/c22-20(21-13-7-14-23-17-10-5-2-6-11-17)19-18(12-15-24-19)16-8-3-1-4-9-16/h1,3-4,8-9,12,15,17H,2,5-7,10-11,13-14H2,(H,21,22). The summed E-state index contributed by atoms with van der Waals surface area (Å²) in [7, 11) is 0. The summed E-state index contributed by atoms with van der Waals surface area (Å²) in [6.07, 6.45) is 7.64. The van der Waals surface area contributed by atoms with Gasteiger partial charge in [0.05, 0.1) is 11.0 Å². The second-order valence-electron chi connectivity index (χ2n) is 6.27. The van der Waals surface area contributed by atoms with Gasteiger partial charge in [-0.05, 0) is 36.3 Å². The van der Waals surface area contributed by atoms with Crippen LogP contribution >= 0.6 is 11.3 Å². The Kier molecular flexibility index (Phi) is 6.44. The normalized spacial score (nSPS) is 15.3. The van der Waals surface area contributed by atoms with Crippen molar-refractivity contribution in [3.63, 3.8) is 0 Å². The van der Waals surface area contributed by atoms with Crippen LogP contribution in [0.3, 0.4) is 0 Å². The zero-order valence-electron chi connectivity index (χ0n) is 14.0. The maximum atomic E-state index is 12.4. The molecule has 0 aliphatic heterocycles. The van der Waals surface area contributed by atoms with Crippen molar-refractivity contribution in [2.45, 2.75) is 44.6 Å². The Bertz CT molecular complexity index is 632. The maximum absolute atomic E-state index is 12.4. The third-order valence-electron chi connectivity index (χ3n) is 4.47. The molecular weight excluding hydrogens is 318 g/mol. The minimum atomic E-state index is 0.0153. The van der Waals surface area contributed by atoms with E-state index in [9.17, 15) is 4.79 Å². The van der Waals surface area contributed by atoms with Crippen LogP contribution in [0.5, 0.6) is 0 Å². The molecule has 0 saturated heterocycles. The molecule has 0 bridgehead atoms. The number of amides is 1. The summed E-state index contributed by atoms with van der Waals surface area (Å²) in [6, 6.07) is 12.1. The fourth-order valence-electron chi connectivity index (χ4n) is 3.17. The Morgan fingerprint density at radius 1 is 1.12 bits per heavy atom. The molecule has 0 spiro atoms. The van der Waals surface area contributed by atoms with Gasteiger partial charge in [-0.1, -0.05) is 49.6 Å². The van der Waals surface area contributed by atoms with Crippen LogP contribution in [0.15, 0.2) is 41.8 Å². The zero-order chi connectivity index (χ0) is 16.6. The number of thiophene rings is 1. The third-order valence-corrected chi connectivity index (χ3v) is 5.38. The van der Waals surface area contributed by atoms with Gasteiger partial charge in [0.15, 0.2) is 0 Å². The van der Waals surface area contributed by atoms with Crippen molar-refractivity contribution in [3.05, 3.63) is 46.7 Å². The van der Waals surface area contributed by atoms with Crippen molar-refractivity contribution in [2.75, 3.05) is 13.2 Å². The van der Waals surface area contributed by atoms with Crippen LogP contribution in [0.2, 0.25) is 0 Å². The van der Waals surface area contributed by atoms with Gasteiger partial charge >= 0.3 is 0 Å². The molecule has 128 valence electrons. The van der Waals surface area contributed by atoms with Crippen molar-refractivity contribution in [1.82, 2.24) is 5.32 Å². The minimum Gasteiger partial charge on any atom is -0.378 e. The van der Waals surface area contributed by atoms with Gasteiger partial charge in [-0.25, -0.2) is 0 Å². The Morgan fingerprint density at radius 3 is 2.71 bits per heavy atom. The lowest BCUT2D eigenvalue weighted by Crippen LogP contribution is -2.26. The first-order chi connectivity index (χ1) is 11.8. The highest BCUT2D eigenvalue weighted by atomic mass is 32.1. The Balaban J connectivity index is 1.43.